The minimum Gasteiger partial charge on any atom is -0.481 e. The normalized spacial score (nSPS) is 12.3. The predicted molar refractivity (Wildman–Crippen MR) is 62.3 cm³/mol. The van der Waals surface area contributed by atoms with Crippen molar-refractivity contribution in [2.45, 2.75) is 40.2 Å². The number of carbonyl (C=O) groups excluding carboxylic acids is 1. The van der Waals surface area contributed by atoms with Crippen LogP contribution in [0, 0.1) is 5.92 Å². The van der Waals surface area contributed by atoms with Crippen LogP contribution < -0.4 is 5.32 Å². The highest BCUT2D eigenvalue weighted by molar-refractivity contribution is 5.75. The molecule has 2 amide bonds. The van der Waals surface area contributed by atoms with Crippen LogP contribution in [0.3, 0.4) is 0 Å². The lowest BCUT2D eigenvalue weighted by atomic mass is 10.0. The van der Waals surface area contributed by atoms with Gasteiger partial charge in [-0.05, 0) is 19.8 Å². The number of aliphatic carboxylic acids is 1. The van der Waals surface area contributed by atoms with Crippen LogP contribution in [0.5, 0.6) is 0 Å². The van der Waals surface area contributed by atoms with E-state index in [1.54, 1.807) is 4.90 Å². The van der Waals surface area contributed by atoms with Crippen LogP contribution in [0.4, 0.5) is 4.79 Å². The molecule has 5 heteroatoms. The number of nitrogens with zero attached hydrogens (tertiary/aromatic N) is 1. The molecule has 0 aliphatic rings. The first-order valence-corrected chi connectivity index (χ1v) is 5.69. The third-order valence-corrected chi connectivity index (χ3v) is 2.56. The van der Waals surface area contributed by atoms with Crippen LogP contribution in [-0.2, 0) is 4.79 Å². The van der Waals surface area contributed by atoms with E-state index in [0.717, 1.165) is 0 Å². The molecule has 0 heterocycles. The largest absolute Gasteiger partial charge is 0.481 e. The van der Waals surface area contributed by atoms with E-state index in [-0.39, 0.29) is 24.4 Å². The van der Waals surface area contributed by atoms with Crippen molar-refractivity contribution in [2.24, 2.45) is 5.92 Å². The van der Waals surface area contributed by atoms with Crippen molar-refractivity contribution < 1.29 is 14.7 Å². The van der Waals surface area contributed by atoms with E-state index < -0.39 is 5.97 Å². The highest BCUT2D eigenvalue weighted by Crippen LogP contribution is 2.07. The summed E-state index contributed by atoms with van der Waals surface area (Å²) in [6.45, 7) is 8.84. The molecule has 0 saturated heterocycles. The Morgan fingerprint density at radius 1 is 1.25 bits per heavy atom. The van der Waals surface area contributed by atoms with Crippen molar-refractivity contribution in [3.05, 3.63) is 0 Å². The third-order valence-electron chi connectivity index (χ3n) is 2.56. The van der Waals surface area contributed by atoms with Gasteiger partial charge in [-0.25, -0.2) is 4.79 Å². The Morgan fingerprint density at radius 2 is 1.75 bits per heavy atom. The van der Waals surface area contributed by atoms with Gasteiger partial charge in [0.15, 0.2) is 0 Å². The predicted octanol–water partition coefficient (Wildman–Crippen LogP) is 1.54. The van der Waals surface area contributed by atoms with Gasteiger partial charge in [-0.3, -0.25) is 4.79 Å². The SMILES string of the molecule is CCN(CC)C(=O)NC(CC(=O)O)C(C)C. The molecule has 0 spiro atoms. The molecule has 0 aliphatic carbocycles. The second-order valence-corrected chi connectivity index (χ2v) is 4.07. The average Bonchev–Trinajstić information content (AvgIpc) is 2.17. The molecule has 5 nitrogen and oxygen atoms in total. The zero-order valence-electron chi connectivity index (χ0n) is 10.5. The molecule has 1 atom stereocenters. The molecule has 0 aromatic heterocycles. The number of hydrogen-bond donors (Lipinski definition) is 2. The fraction of sp³-hybridized carbons (Fsp3) is 0.818. The van der Waals surface area contributed by atoms with Gasteiger partial charge < -0.3 is 15.3 Å². The first kappa shape index (κ1) is 14.7. The lowest BCUT2D eigenvalue weighted by Crippen LogP contribution is -2.47. The zero-order chi connectivity index (χ0) is 12.7. The van der Waals surface area contributed by atoms with Gasteiger partial charge in [0.25, 0.3) is 0 Å². The van der Waals surface area contributed by atoms with Crippen LogP contribution in [0.15, 0.2) is 0 Å². The summed E-state index contributed by atoms with van der Waals surface area (Å²) in [4.78, 5) is 24.0. The van der Waals surface area contributed by atoms with E-state index in [1.807, 2.05) is 27.7 Å². The quantitative estimate of drug-likeness (QED) is 0.727. The molecule has 0 bridgehead atoms. The summed E-state index contributed by atoms with van der Waals surface area (Å²) < 4.78 is 0. The van der Waals surface area contributed by atoms with E-state index in [1.165, 1.54) is 0 Å². The maximum Gasteiger partial charge on any atom is 0.317 e. The maximum absolute atomic E-state index is 11.7. The molecular formula is C11H22N2O3. The van der Waals surface area contributed by atoms with Gasteiger partial charge in [0.1, 0.15) is 0 Å². The fourth-order valence-corrected chi connectivity index (χ4v) is 1.40. The summed E-state index contributed by atoms with van der Waals surface area (Å²) in [6.07, 6.45) is -0.0370. The van der Waals surface area contributed by atoms with Gasteiger partial charge in [-0.2, -0.15) is 0 Å². The minimum absolute atomic E-state index is 0.0370. The van der Waals surface area contributed by atoms with E-state index in [9.17, 15) is 9.59 Å². The molecule has 0 aromatic carbocycles. The second kappa shape index (κ2) is 7.09. The third kappa shape index (κ3) is 5.00. The van der Waals surface area contributed by atoms with Gasteiger partial charge in [0.05, 0.1) is 6.42 Å². The number of carbonyl (C=O) groups is 2. The molecule has 0 aromatic rings. The molecular weight excluding hydrogens is 208 g/mol. The summed E-state index contributed by atoms with van der Waals surface area (Å²) in [5.74, 6) is -0.783. The Labute approximate surface area is 96.8 Å². The molecule has 0 rings (SSSR count). The van der Waals surface area contributed by atoms with Crippen molar-refractivity contribution in [1.29, 1.82) is 0 Å². The Kier molecular flexibility index (Phi) is 6.53. The summed E-state index contributed by atoms with van der Waals surface area (Å²) >= 11 is 0. The van der Waals surface area contributed by atoms with Crippen molar-refractivity contribution in [1.82, 2.24) is 10.2 Å². The molecule has 94 valence electrons. The van der Waals surface area contributed by atoms with E-state index in [0.29, 0.717) is 13.1 Å². The van der Waals surface area contributed by atoms with E-state index in [4.69, 9.17) is 5.11 Å². The van der Waals surface area contributed by atoms with Crippen LogP contribution in [0.1, 0.15) is 34.1 Å². The Balaban J connectivity index is 4.38. The molecule has 0 aliphatic heterocycles. The molecule has 0 saturated carbocycles. The Bertz CT molecular complexity index is 237. The number of hydrogen-bond acceptors (Lipinski definition) is 2. The Hall–Kier alpha value is -1.26. The van der Waals surface area contributed by atoms with Gasteiger partial charge in [-0.15, -0.1) is 0 Å². The maximum atomic E-state index is 11.7. The topological polar surface area (TPSA) is 69.6 Å². The number of carboxylic acid groups (broad SMARTS) is 1. The summed E-state index contributed by atoms with van der Waals surface area (Å²) in [7, 11) is 0. The molecule has 0 radical (unpaired) electrons. The minimum atomic E-state index is -0.890. The number of nitrogens with one attached hydrogen (secondary N) is 1. The number of rotatable bonds is 6. The first-order chi connectivity index (χ1) is 7.42. The molecule has 1 unspecified atom stereocenters. The van der Waals surface area contributed by atoms with Crippen molar-refractivity contribution in [2.75, 3.05) is 13.1 Å². The van der Waals surface area contributed by atoms with E-state index >= 15 is 0 Å². The van der Waals surface area contributed by atoms with Crippen LogP contribution in [0.25, 0.3) is 0 Å². The summed E-state index contributed by atoms with van der Waals surface area (Å²) in [5.41, 5.74) is 0. The molecule has 2 N–H and O–H groups in total. The van der Waals surface area contributed by atoms with Crippen molar-refractivity contribution >= 4 is 12.0 Å². The number of carboxylic acids is 1. The Morgan fingerprint density at radius 3 is 2.06 bits per heavy atom. The highest BCUT2D eigenvalue weighted by atomic mass is 16.4. The standard InChI is InChI=1S/C11H22N2O3/c1-5-13(6-2)11(16)12-9(8(3)4)7-10(14)15/h8-9H,5-7H2,1-4H3,(H,12,16)(H,14,15). The second-order valence-electron chi connectivity index (χ2n) is 4.07. The lowest BCUT2D eigenvalue weighted by Gasteiger charge is -2.25. The summed E-state index contributed by atoms with van der Waals surface area (Å²) in [6, 6.07) is -0.504. The van der Waals surface area contributed by atoms with Gasteiger partial charge in [0.2, 0.25) is 0 Å². The van der Waals surface area contributed by atoms with Gasteiger partial charge >= 0.3 is 12.0 Å². The van der Waals surface area contributed by atoms with E-state index in [2.05, 4.69) is 5.32 Å². The van der Waals surface area contributed by atoms with Crippen LogP contribution >= 0.6 is 0 Å². The van der Waals surface area contributed by atoms with Gasteiger partial charge in [0, 0.05) is 19.1 Å². The summed E-state index contributed by atoms with van der Waals surface area (Å²) in [5, 5.41) is 11.5. The number of urea groups is 1. The van der Waals surface area contributed by atoms with Crippen molar-refractivity contribution in [3.63, 3.8) is 0 Å². The highest BCUT2D eigenvalue weighted by Gasteiger charge is 2.21. The van der Waals surface area contributed by atoms with Crippen molar-refractivity contribution in [3.8, 4) is 0 Å². The van der Waals surface area contributed by atoms with Crippen LogP contribution in [-0.4, -0.2) is 41.1 Å². The average molecular weight is 230 g/mol. The van der Waals surface area contributed by atoms with Crippen LogP contribution in [0.2, 0.25) is 0 Å². The molecule has 0 fully saturated rings. The fourth-order valence-electron chi connectivity index (χ4n) is 1.40. The smallest absolute Gasteiger partial charge is 0.317 e. The molecule has 16 heavy (non-hydrogen) atoms. The zero-order valence-corrected chi connectivity index (χ0v) is 10.5. The van der Waals surface area contributed by atoms with Gasteiger partial charge in [-0.1, -0.05) is 13.8 Å². The monoisotopic (exact) mass is 230 g/mol. The lowest BCUT2D eigenvalue weighted by molar-refractivity contribution is -0.137. The first-order valence-electron chi connectivity index (χ1n) is 5.69. The number of amides is 2.